The highest BCUT2D eigenvalue weighted by Gasteiger charge is 2.42. The van der Waals surface area contributed by atoms with Crippen molar-refractivity contribution in [1.29, 1.82) is 0 Å². The molecule has 5 heteroatoms. The van der Waals surface area contributed by atoms with Crippen molar-refractivity contribution in [3.63, 3.8) is 0 Å². The van der Waals surface area contributed by atoms with Gasteiger partial charge in [-0.25, -0.2) is 0 Å². The molecule has 5 nitrogen and oxygen atoms in total. The highest BCUT2D eigenvalue weighted by molar-refractivity contribution is 5.86. The highest BCUT2D eigenvalue weighted by atomic mass is 16.5. The predicted octanol–water partition coefficient (Wildman–Crippen LogP) is 0.135. The number of nitrogens with two attached hydrogens (primary N) is 1. The third-order valence-corrected chi connectivity index (χ3v) is 2.59. The minimum atomic E-state index is -0.349. The zero-order chi connectivity index (χ0) is 12.1. The van der Waals surface area contributed by atoms with Crippen LogP contribution in [0.3, 0.4) is 0 Å². The van der Waals surface area contributed by atoms with Crippen molar-refractivity contribution < 1.29 is 14.3 Å². The van der Waals surface area contributed by atoms with Crippen molar-refractivity contribution in [2.75, 3.05) is 19.7 Å². The minimum absolute atomic E-state index is 0.0117. The van der Waals surface area contributed by atoms with Crippen LogP contribution in [0.4, 0.5) is 0 Å². The largest absolute Gasteiger partial charge is 0.465 e. The molecule has 0 heterocycles. The minimum Gasteiger partial charge on any atom is -0.465 e. The Morgan fingerprint density at radius 3 is 2.50 bits per heavy atom. The second-order valence-corrected chi connectivity index (χ2v) is 4.07. The first-order chi connectivity index (χ1) is 7.60. The Balaban J connectivity index is 2.46. The van der Waals surface area contributed by atoms with Gasteiger partial charge in [-0.2, -0.15) is 0 Å². The Hall–Kier alpha value is -1.10. The van der Waals surface area contributed by atoms with Crippen LogP contribution in [0.1, 0.15) is 26.7 Å². The lowest BCUT2D eigenvalue weighted by molar-refractivity contribution is -0.149. The van der Waals surface area contributed by atoms with E-state index in [0.717, 1.165) is 12.8 Å². The number of rotatable bonds is 6. The van der Waals surface area contributed by atoms with Crippen LogP contribution < -0.4 is 5.73 Å². The third-order valence-electron chi connectivity index (χ3n) is 2.59. The third kappa shape index (κ3) is 3.48. The van der Waals surface area contributed by atoms with Crippen LogP contribution >= 0.6 is 0 Å². The molecule has 0 bridgehead atoms. The first kappa shape index (κ1) is 13.0. The van der Waals surface area contributed by atoms with E-state index in [2.05, 4.69) is 0 Å². The van der Waals surface area contributed by atoms with Crippen LogP contribution in [0.2, 0.25) is 0 Å². The maximum atomic E-state index is 11.9. The van der Waals surface area contributed by atoms with E-state index in [0.29, 0.717) is 13.2 Å². The summed E-state index contributed by atoms with van der Waals surface area (Å²) >= 11 is 0. The average Bonchev–Trinajstić information content (AvgIpc) is 2.94. The predicted molar refractivity (Wildman–Crippen MR) is 59.6 cm³/mol. The Labute approximate surface area is 95.9 Å². The number of amides is 1. The SMILES string of the molecule is CCCN(CC(=O)OCC)C(=O)C1CC1N. The fraction of sp³-hybridized carbons (Fsp3) is 0.818. The number of carbonyl (C=O) groups is 2. The molecule has 1 aliphatic rings. The zero-order valence-electron chi connectivity index (χ0n) is 9.94. The van der Waals surface area contributed by atoms with E-state index >= 15 is 0 Å². The van der Waals surface area contributed by atoms with E-state index in [1.807, 2.05) is 6.92 Å². The van der Waals surface area contributed by atoms with E-state index in [1.54, 1.807) is 11.8 Å². The standard InChI is InChI=1S/C11H20N2O3/c1-3-5-13(7-10(14)16-4-2)11(15)8-6-9(8)12/h8-9H,3-7,12H2,1-2H3. The Morgan fingerprint density at radius 2 is 2.06 bits per heavy atom. The second kappa shape index (κ2) is 5.84. The van der Waals surface area contributed by atoms with Gasteiger partial charge in [0.2, 0.25) is 5.91 Å². The Kier molecular flexibility index (Phi) is 4.73. The fourth-order valence-electron chi connectivity index (χ4n) is 1.63. The van der Waals surface area contributed by atoms with E-state index in [9.17, 15) is 9.59 Å². The van der Waals surface area contributed by atoms with Crippen molar-refractivity contribution in [2.24, 2.45) is 11.7 Å². The van der Waals surface area contributed by atoms with Gasteiger partial charge in [0, 0.05) is 12.6 Å². The molecule has 2 atom stereocenters. The summed E-state index contributed by atoms with van der Waals surface area (Å²) < 4.78 is 4.83. The number of nitrogens with zero attached hydrogens (tertiary/aromatic N) is 1. The smallest absolute Gasteiger partial charge is 0.325 e. The molecule has 0 spiro atoms. The van der Waals surface area contributed by atoms with Crippen molar-refractivity contribution >= 4 is 11.9 Å². The summed E-state index contributed by atoms with van der Waals surface area (Å²) in [6.07, 6.45) is 1.56. The number of esters is 1. The Bertz CT molecular complexity index is 268. The fourth-order valence-corrected chi connectivity index (χ4v) is 1.63. The van der Waals surface area contributed by atoms with Crippen LogP contribution in [0, 0.1) is 5.92 Å². The summed E-state index contributed by atoms with van der Waals surface area (Å²) in [5, 5.41) is 0. The number of hydrogen-bond donors (Lipinski definition) is 1. The molecule has 0 radical (unpaired) electrons. The first-order valence-electron chi connectivity index (χ1n) is 5.80. The van der Waals surface area contributed by atoms with Gasteiger partial charge in [-0.15, -0.1) is 0 Å². The molecule has 1 amide bonds. The van der Waals surface area contributed by atoms with Gasteiger partial charge in [-0.3, -0.25) is 9.59 Å². The Morgan fingerprint density at radius 1 is 1.44 bits per heavy atom. The summed E-state index contributed by atoms with van der Waals surface area (Å²) in [7, 11) is 0. The number of hydrogen-bond acceptors (Lipinski definition) is 4. The molecule has 1 rings (SSSR count). The van der Waals surface area contributed by atoms with Gasteiger partial charge >= 0.3 is 5.97 Å². The molecule has 2 unspecified atom stereocenters. The lowest BCUT2D eigenvalue weighted by Crippen LogP contribution is -2.39. The molecule has 92 valence electrons. The lowest BCUT2D eigenvalue weighted by Gasteiger charge is -2.20. The molecule has 0 aromatic rings. The summed E-state index contributed by atoms with van der Waals surface area (Å²) in [5.41, 5.74) is 5.63. The molecular weight excluding hydrogens is 208 g/mol. The van der Waals surface area contributed by atoms with Crippen LogP contribution in [-0.2, 0) is 14.3 Å². The van der Waals surface area contributed by atoms with Gasteiger partial charge in [-0.1, -0.05) is 6.92 Å². The van der Waals surface area contributed by atoms with E-state index in [4.69, 9.17) is 10.5 Å². The average molecular weight is 228 g/mol. The molecule has 1 aliphatic carbocycles. The summed E-state index contributed by atoms with van der Waals surface area (Å²) in [6.45, 7) is 4.69. The van der Waals surface area contributed by atoms with E-state index < -0.39 is 0 Å². The topological polar surface area (TPSA) is 72.6 Å². The monoisotopic (exact) mass is 228 g/mol. The van der Waals surface area contributed by atoms with Crippen molar-refractivity contribution in [3.8, 4) is 0 Å². The zero-order valence-corrected chi connectivity index (χ0v) is 9.94. The van der Waals surface area contributed by atoms with Crippen LogP contribution in [0.5, 0.6) is 0 Å². The number of carbonyl (C=O) groups excluding carboxylic acids is 2. The molecule has 0 aromatic carbocycles. The van der Waals surface area contributed by atoms with Crippen LogP contribution in [0.15, 0.2) is 0 Å². The lowest BCUT2D eigenvalue weighted by atomic mass is 10.3. The summed E-state index contributed by atoms with van der Waals surface area (Å²) in [6, 6.07) is -0.0194. The van der Waals surface area contributed by atoms with Crippen LogP contribution in [-0.4, -0.2) is 42.5 Å². The molecule has 0 aromatic heterocycles. The normalized spacial score (nSPS) is 22.7. The van der Waals surface area contributed by atoms with Gasteiger partial charge in [0.15, 0.2) is 0 Å². The summed E-state index contributed by atoms with van der Waals surface area (Å²) in [5.74, 6) is -0.443. The second-order valence-electron chi connectivity index (χ2n) is 4.07. The van der Waals surface area contributed by atoms with Gasteiger partial charge in [0.25, 0.3) is 0 Å². The van der Waals surface area contributed by atoms with Gasteiger partial charge in [-0.05, 0) is 19.8 Å². The molecule has 0 aliphatic heterocycles. The molecule has 2 N–H and O–H groups in total. The summed E-state index contributed by atoms with van der Waals surface area (Å²) in [4.78, 5) is 24.7. The van der Waals surface area contributed by atoms with E-state index in [1.165, 1.54) is 0 Å². The first-order valence-corrected chi connectivity index (χ1v) is 5.80. The van der Waals surface area contributed by atoms with Gasteiger partial charge in [0.1, 0.15) is 6.54 Å². The molecule has 1 saturated carbocycles. The van der Waals surface area contributed by atoms with Gasteiger partial charge in [0.05, 0.1) is 12.5 Å². The molecule has 1 fully saturated rings. The number of ether oxygens (including phenoxy) is 1. The maximum Gasteiger partial charge on any atom is 0.325 e. The van der Waals surface area contributed by atoms with Crippen molar-refractivity contribution in [1.82, 2.24) is 4.90 Å². The molecule has 16 heavy (non-hydrogen) atoms. The van der Waals surface area contributed by atoms with Crippen molar-refractivity contribution in [3.05, 3.63) is 0 Å². The molecular formula is C11H20N2O3. The van der Waals surface area contributed by atoms with E-state index in [-0.39, 0.29) is 30.4 Å². The maximum absolute atomic E-state index is 11.9. The van der Waals surface area contributed by atoms with Crippen molar-refractivity contribution in [2.45, 2.75) is 32.7 Å². The quantitative estimate of drug-likeness (QED) is 0.656. The highest BCUT2D eigenvalue weighted by Crippen LogP contribution is 2.29. The molecule has 0 saturated heterocycles. The van der Waals surface area contributed by atoms with Gasteiger partial charge < -0.3 is 15.4 Å². The van der Waals surface area contributed by atoms with Crippen LogP contribution in [0.25, 0.3) is 0 Å².